The molecule has 104 valence electrons. The van der Waals surface area contributed by atoms with Crippen LogP contribution in [0.15, 0.2) is 41.1 Å². The minimum Gasteiger partial charge on any atom is -0.377 e. The molecule has 2 heterocycles. The normalized spacial score (nSPS) is 11.3. The number of fused-ring (bicyclic) bond motifs is 1. The Hall–Kier alpha value is -2.11. The number of hydrogen-bond donors (Lipinski definition) is 1. The van der Waals surface area contributed by atoms with E-state index >= 15 is 0 Å². The quantitative estimate of drug-likeness (QED) is 0.773. The standard InChI is InChI=1S/C15H17N3O2/c1-19-10-14-7-13(17-20-14)9-18-5-4-12-3-2-11(8-16)6-15(12)18/h2-7H,8-10,16H2,1H3. The summed E-state index contributed by atoms with van der Waals surface area (Å²) in [6.45, 7) is 1.66. The summed E-state index contributed by atoms with van der Waals surface area (Å²) in [5.41, 5.74) is 8.86. The fourth-order valence-corrected chi connectivity index (χ4v) is 2.31. The first-order valence-electron chi connectivity index (χ1n) is 6.51. The van der Waals surface area contributed by atoms with E-state index in [1.165, 1.54) is 5.39 Å². The van der Waals surface area contributed by atoms with Crippen molar-refractivity contribution < 1.29 is 9.26 Å². The molecular formula is C15H17N3O2. The molecule has 3 rings (SSSR count). The molecule has 1 aromatic carbocycles. The Morgan fingerprint density at radius 2 is 2.20 bits per heavy atom. The van der Waals surface area contributed by atoms with Crippen LogP contribution in [0.1, 0.15) is 17.0 Å². The lowest BCUT2D eigenvalue weighted by molar-refractivity contribution is 0.155. The Balaban J connectivity index is 1.89. The van der Waals surface area contributed by atoms with Gasteiger partial charge in [-0.3, -0.25) is 0 Å². The molecule has 2 aromatic heterocycles. The second-order valence-corrected chi connectivity index (χ2v) is 4.76. The lowest BCUT2D eigenvalue weighted by atomic mass is 10.1. The summed E-state index contributed by atoms with van der Waals surface area (Å²) in [5.74, 6) is 0.738. The Labute approximate surface area is 116 Å². The number of hydrogen-bond acceptors (Lipinski definition) is 4. The number of aromatic nitrogens is 2. The van der Waals surface area contributed by atoms with E-state index in [0.29, 0.717) is 19.7 Å². The first-order valence-corrected chi connectivity index (χ1v) is 6.51. The highest BCUT2D eigenvalue weighted by Gasteiger charge is 2.07. The molecule has 0 radical (unpaired) electrons. The molecule has 0 aliphatic heterocycles. The van der Waals surface area contributed by atoms with Crippen molar-refractivity contribution in [3.8, 4) is 0 Å². The molecule has 0 fully saturated rings. The molecule has 0 spiro atoms. The van der Waals surface area contributed by atoms with E-state index in [0.717, 1.165) is 22.5 Å². The maximum atomic E-state index is 5.70. The molecule has 3 aromatic rings. The molecule has 5 nitrogen and oxygen atoms in total. The second-order valence-electron chi connectivity index (χ2n) is 4.76. The Kier molecular flexibility index (Phi) is 3.54. The van der Waals surface area contributed by atoms with Crippen LogP contribution in [0.4, 0.5) is 0 Å². The van der Waals surface area contributed by atoms with Gasteiger partial charge < -0.3 is 19.6 Å². The van der Waals surface area contributed by atoms with Crippen LogP contribution in [0.25, 0.3) is 10.9 Å². The largest absolute Gasteiger partial charge is 0.377 e. The van der Waals surface area contributed by atoms with Crippen molar-refractivity contribution in [2.24, 2.45) is 5.73 Å². The second kappa shape index (κ2) is 5.48. The zero-order chi connectivity index (χ0) is 13.9. The number of rotatable bonds is 5. The van der Waals surface area contributed by atoms with Gasteiger partial charge in [0.25, 0.3) is 0 Å². The highest BCUT2D eigenvalue weighted by Crippen LogP contribution is 2.19. The highest BCUT2D eigenvalue weighted by molar-refractivity contribution is 5.80. The first-order chi connectivity index (χ1) is 9.80. The van der Waals surface area contributed by atoms with Crippen molar-refractivity contribution in [1.29, 1.82) is 0 Å². The van der Waals surface area contributed by atoms with Gasteiger partial charge in [-0.25, -0.2) is 0 Å². The number of benzene rings is 1. The van der Waals surface area contributed by atoms with E-state index in [-0.39, 0.29) is 0 Å². The Morgan fingerprint density at radius 3 is 3.00 bits per heavy atom. The van der Waals surface area contributed by atoms with Crippen molar-refractivity contribution in [1.82, 2.24) is 9.72 Å². The minimum atomic E-state index is 0.441. The number of nitrogens with two attached hydrogens (primary N) is 1. The van der Waals surface area contributed by atoms with Crippen LogP contribution in [0.2, 0.25) is 0 Å². The zero-order valence-electron chi connectivity index (χ0n) is 11.4. The summed E-state index contributed by atoms with van der Waals surface area (Å²) in [4.78, 5) is 0. The third-order valence-electron chi connectivity index (χ3n) is 3.30. The van der Waals surface area contributed by atoms with Crippen molar-refractivity contribution in [3.05, 3.63) is 53.5 Å². The average molecular weight is 271 g/mol. The summed E-state index contributed by atoms with van der Waals surface area (Å²) in [5, 5.41) is 5.26. The predicted molar refractivity (Wildman–Crippen MR) is 76.1 cm³/mol. The average Bonchev–Trinajstić information content (AvgIpc) is 3.07. The van der Waals surface area contributed by atoms with E-state index in [1.807, 2.05) is 6.07 Å². The fraction of sp³-hybridized carbons (Fsp3) is 0.267. The van der Waals surface area contributed by atoms with Gasteiger partial charge in [0.05, 0.1) is 6.54 Å². The number of ether oxygens (including phenoxy) is 1. The van der Waals surface area contributed by atoms with Crippen LogP contribution in [0, 0.1) is 0 Å². The summed E-state index contributed by atoms with van der Waals surface area (Å²) in [6, 6.07) is 10.3. The lowest BCUT2D eigenvalue weighted by Crippen LogP contribution is -2.00. The van der Waals surface area contributed by atoms with Gasteiger partial charge in [0, 0.05) is 31.4 Å². The molecule has 0 saturated heterocycles. The van der Waals surface area contributed by atoms with E-state index < -0.39 is 0 Å². The van der Waals surface area contributed by atoms with E-state index in [2.05, 4.69) is 40.2 Å². The summed E-state index contributed by atoms with van der Waals surface area (Å²) >= 11 is 0. The van der Waals surface area contributed by atoms with Gasteiger partial charge in [-0.05, 0) is 23.1 Å². The van der Waals surface area contributed by atoms with Crippen molar-refractivity contribution in [3.63, 3.8) is 0 Å². The van der Waals surface area contributed by atoms with Crippen molar-refractivity contribution in [2.75, 3.05) is 7.11 Å². The molecule has 0 bridgehead atoms. The molecular weight excluding hydrogens is 254 g/mol. The van der Waals surface area contributed by atoms with Crippen molar-refractivity contribution >= 4 is 10.9 Å². The summed E-state index contributed by atoms with van der Waals surface area (Å²) < 4.78 is 12.4. The van der Waals surface area contributed by atoms with Crippen LogP contribution in [0.5, 0.6) is 0 Å². The van der Waals surface area contributed by atoms with Crippen LogP contribution in [0.3, 0.4) is 0 Å². The smallest absolute Gasteiger partial charge is 0.162 e. The predicted octanol–water partition coefficient (Wildman–Crippen LogP) is 2.28. The topological polar surface area (TPSA) is 66.2 Å². The molecule has 0 atom stereocenters. The highest BCUT2D eigenvalue weighted by atomic mass is 16.5. The van der Waals surface area contributed by atoms with Gasteiger partial charge in [-0.15, -0.1) is 0 Å². The SMILES string of the molecule is COCc1cc(Cn2ccc3ccc(CN)cc32)no1. The van der Waals surface area contributed by atoms with E-state index in [4.69, 9.17) is 15.0 Å². The van der Waals surface area contributed by atoms with Gasteiger partial charge in [0.1, 0.15) is 12.3 Å². The maximum absolute atomic E-state index is 5.70. The fourth-order valence-electron chi connectivity index (χ4n) is 2.31. The van der Waals surface area contributed by atoms with Crippen LogP contribution < -0.4 is 5.73 Å². The van der Waals surface area contributed by atoms with Gasteiger partial charge in [-0.2, -0.15) is 0 Å². The van der Waals surface area contributed by atoms with Crippen LogP contribution >= 0.6 is 0 Å². The van der Waals surface area contributed by atoms with E-state index in [9.17, 15) is 0 Å². The third kappa shape index (κ3) is 2.45. The van der Waals surface area contributed by atoms with E-state index in [1.54, 1.807) is 7.11 Å². The Bertz CT molecular complexity index is 715. The number of nitrogens with zero attached hydrogens (tertiary/aromatic N) is 2. The molecule has 2 N–H and O–H groups in total. The van der Waals surface area contributed by atoms with Gasteiger partial charge in [-0.1, -0.05) is 17.3 Å². The molecule has 5 heteroatoms. The van der Waals surface area contributed by atoms with Gasteiger partial charge in [0.15, 0.2) is 5.76 Å². The first kappa shape index (κ1) is 12.9. The zero-order valence-corrected chi connectivity index (χ0v) is 11.4. The van der Waals surface area contributed by atoms with Gasteiger partial charge >= 0.3 is 0 Å². The van der Waals surface area contributed by atoms with Crippen LogP contribution in [-0.2, 0) is 24.4 Å². The number of methoxy groups -OCH3 is 1. The minimum absolute atomic E-state index is 0.441. The van der Waals surface area contributed by atoms with Crippen LogP contribution in [-0.4, -0.2) is 16.8 Å². The molecule has 0 aliphatic carbocycles. The maximum Gasteiger partial charge on any atom is 0.162 e. The summed E-state index contributed by atoms with van der Waals surface area (Å²) in [7, 11) is 1.63. The van der Waals surface area contributed by atoms with Gasteiger partial charge in [0.2, 0.25) is 0 Å². The summed E-state index contributed by atoms with van der Waals surface area (Å²) in [6.07, 6.45) is 2.05. The lowest BCUT2D eigenvalue weighted by Gasteiger charge is -2.04. The molecule has 0 amide bonds. The third-order valence-corrected chi connectivity index (χ3v) is 3.30. The molecule has 0 saturated carbocycles. The Morgan fingerprint density at radius 1 is 1.30 bits per heavy atom. The molecule has 20 heavy (non-hydrogen) atoms. The van der Waals surface area contributed by atoms with Crippen molar-refractivity contribution in [2.45, 2.75) is 19.7 Å². The molecule has 0 unspecified atom stereocenters. The molecule has 0 aliphatic rings. The monoisotopic (exact) mass is 271 g/mol.